The Morgan fingerprint density at radius 2 is 1.73 bits per heavy atom. The van der Waals surface area contributed by atoms with E-state index in [1.54, 1.807) is 6.08 Å². The maximum Gasteiger partial charge on any atom is 0.0482 e. The van der Waals surface area contributed by atoms with Crippen molar-refractivity contribution in [1.82, 2.24) is 4.57 Å². The molecule has 0 spiro atoms. The zero-order valence-corrected chi connectivity index (χ0v) is 10.0. The Labute approximate surface area is 92.0 Å². The Bertz CT molecular complexity index is 424. The van der Waals surface area contributed by atoms with Gasteiger partial charge in [-0.15, -0.1) is 6.58 Å². The minimum Gasteiger partial charge on any atom is -0.348 e. The highest BCUT2D eigenvalue weighted by atomic mass is 14.9. The van der Waals surface area contributed by atoms with Gasteiger partial charge in [0, 0.05) is 23.6 Å². The quantitative estimate of drug-likeness (QED) is 0.568. The van der Waals surface area contributed by atoms with Gasteiger partial charge in [0.05, 0.1) is 0 Å². The average Bonchev–Trinajstić information content (AvgIpc) is 2.46. The predicted octanol–water partition coefficient (Wildman–Crippen LogP) is 3.99. The summed E-state index contributed by atoms with van der Waals surface area (Å²) >= 11 is 0. The molecule has 2 rings (SSSR count). The molecule has 0 saturated carbocycles. The summed E-state index contributed by atoms with van der Waals surface area (Å²) in [5.74, 6) is 0. The second kappa shape index (κ2) is 4.83. The highest BCUT2D eigenvalue weighted by Gasteiger charge is 2.05. The van der Waals surface area contributed by atoms with Crippen LogP contribution in [0.3, 0.4) is 0 Å². The topological polar surface area (TPSA) is 4.93 Å². The molecule has 0 unspecified atom stereocenters. The summed E-state index contributed by atoms with van der Waals surface area (Å²) in [7, 11) is 2.12. The maximum absolute atomic E-state index is 3.36. The molecule has 0 bridgehead atoms. The number of aromatic nitrogens is 1. The van der Waals surface area contributed by atoms with Gasteiger partial charge in [0.2, 0.25) is 0 Å². The second-order valence-corrected chi connectivity index (χ2v) is 3.69. The molecule has 0 aliphatic rings. The summed E-state index contributed by atoms with van der Waals surface area (Å²) in [5.41, 5.74) is 4.08. The summed E-state index contributed by atoms with van der Waals surface area (Å²) in [6.07, 6.45) is 1.75. The van der Waals surface area contributed by atoms with Crippen LogP contribution in [0.15, 0.2) is 36.9 Å². The van der Waals surface area contributed by atoms with Crippen LogP contribution in [-0.4, -0.2) is 4.57 Å². The number of rotatable bonds is 0. The molecule has 0 fully saturated rings. The molecule has 0 atom stereocenters. The van der Waals surface area contributed by atoms with Gasteiger partial charge in [-0.3, -0.25) is 0 Å². The third kappa shape index (κ3) is 2.12. The normalized spacial score (nSPS) is 9.60. The molecule has 1 heterocycles. The van der Waals surface area contributed by atoms with Gasteiger partial charge in [0.25, 0.3) is 0 Å². The zero-order chi connectivity index (χ0) is 11.4. The smallest absolute Gasteiger partial charge is 0.0482 e. The monoisotopic (exact) mass is 201 g/mol. The van der Waals surface area contributed by atoms with E-state index in [1.807, 2.05) is 6.92 Å². The van der Waals surface area contributed by atoms with E-state index in [0.29, 0.717) is 0 Å². The standard InChI is InChI=1S/C11H13N.C3H6/c1-8-9(2)12(3)11-7-5-4-6-10(8)11;1-3-2/h4-7H,1-3H3;3H,1H2,2H3. The Morgan fingerprint density at radius 3 is 2.27 bits per heavy atom. The molecule has 1 heteroatoms. The number of hydrogen-bond acceptors (Lipinski definition) is 0. The van der Waals surface area contributed by atoms with Crippen molar-refractivity contribution < 1.29 is 0 Å². The van der Waals surface area contributed by atoms with Gasteiger partial charge in [-0.05, 0) is 32.4 Å². The predicted molar refractivity (Wildman–Crippen MR) is 68.3 cm³/mol. The summed E-state index contributed by atoms with van der Waals surface area (Å²) in [6, 6.07) is 8.52. The molecule has 0 aliphatic carbocycles. The first kappa shape index (κ1) is 11.6. The summed E-state index contributed by atoms with van der Waals surface area (Å²) in [4.78, 5) is 0. The van der Waals surface area contributed by atoms with E-state index < -0.39 is 0 Å². The van der Waals surface area contributed by atoms with Crippen molar-refractivity contribution in [3.8, 4) is 0 Å². The van der Waals surface area contributed by atoms with Crippen LogP contribution in [0, 0.1) is 13.8 Å². The van der Waals surface area contributed by atoms with Crippen LogP contribution in [0.5, 0.6) is 0 Å². The van der Waals surface area contributed by atoms with Crippen LogP contribution < -0.4 is 0 Å². The van der Waals surface area contributed by atoms with Crippen LogP contribution in [0.4, 0.5) is 0 Å². The van der Waals surface area contributed by atoms with Crippen LogP contribution in [-0.2, 0) is 7.05 Å². The van der Waals surface area contributed by atoms with Gasteiger partial charge in [0.15, 0.2) is 0 Å². The first-order valence-electron chi connectivity index (χ1n) is 5.21. The highest BCUT2D eigenvalue weighted by molar-refractivity contribution is 5.85. The Kier molecular flexibility index (Phi) is 3.73. The highest BCUT2D eigenvalue weighted by Crippen LogP contribution is 2.22. The van der Waals surface area contributed by atoms with Crippen LogP contribution in [0.25, 0.3) is 10.9 Å². The first-order valence-corrected chi connectivity index (χ1v) is 5.21. The molecule has 0 saturated heterocycles. The fourth-order valence-corrected chi connectivity index (χ4v) is 1.71. The van der Waals surface area contributed by atoms with Crippen LogP contribution in [0.1, 0.15) is 18.2 Å². The van der Waals surface area contributed by atoms with Gasteiger partial charge < -0.3 is 4.57 Å². The van der Waals surface area contributed by atoms with Crippen LogP contribution in [0.2, 0.25) is 0 Å². The minimum absolute atomic E-state index is 1.33. The zero-order valence-electron chi connectivity index (χ0n) is 10.0. The molecule has 15 heavy (non-hydrogen) atoms. The van der Waals surface area contributed by atoms with Gasteiger partial charge >= 0.3 is 0 Å². The molecule has 0 radical (unpaired) electrons. The fourth-order valence-electron chi connectivity index (χ4n) is 1.71. The Balaban J connectivity index is 0.000000337. The summed E-state index contributed by atoms with van der Waals surface area (Å²) < 4.78 is 2.24. The van der Waals surface area contributed by atoms with E-state index in [0.717, 1.165) is 0 Å². The number of allylic oxidation sites excluding steroid dienone is 1. The number of fused-ring (bicyclic) bond motifs is 1. The van der Waals surface area contributed by atoms with Gasteiger partial charge in [-0.1, -0.05) is 24.3 Å². The van der Waals surface area contributed by atoms with E-state index in [1.165, 1.54) is 22.2 Å². The van der Waals surface area contributed by atoms with Crippen molar-refractivity contribution >= 4 is 10.9 Å². The number of para-hydroxylation sites is 1. The third-order valence-corrected chi connectivity index (χ3v) is 2.72. The van der Waals surface area contributed by atoms with E-state index in [-0.39, 0.29) is 0 Å². The molecular weight excluding hydrogens is 182 g/mol. The number of nitrogens with zero attached hydrogens (tertiary/aromatic N) is 1. The van der Waals surface area contributed by atoms with Gasteiger partial charge in [-0.2, -0.15) is 0 Å². The largest absolute Gasteiger partial charge is 0.348 e. The Morgan fingerprint density at radius 1 is 1.20 bits per heavy atom. The molecule has 2 aromatic rings. The summed E-state index contributed by atoms with van der Waals surface area (Å²) in [5, 5.41) is 1.37. The van der Waals surface area contributed by atoms with Crippen molar-refractivity contribution in [2.75, 3.05) is 0 Å². The first-order chi connectivity index (χ1) is 7.13. The summed E-state index contributed by atoms with van der Waals surface area (Å²) in [6.45, 7) is 9.59. The van der Waals surface area contributed by atoms with E-state index >= 15 is 0 Å². The van der Waals surface area contributed by atoms with Crippen molar-refractivity contribution in [2.24, 2.45) is 7.05 Å². The lowest BCUT2D eigenvalue weighted by atomic mass is 10.2. The Hall–Kier alpha value is -1.50. The van der Waals surface area contributed by atoms with Crippen LogP contribution >= 0.6 is 0 Å². The maximum atomic E-state index is 3.36. The molecule has 1 aromatic heterocycles. The van der Waals surface area contributed by atoms with E-state index in [4.69, 9.17) is 0 Å². The van der Waals surface area contributed by atoms with Crippen molar-refractivity contribution in [3.63, 3.8) is 0 Å². The number of benzene rings is 1. The average molecular weight is 201 g/mol. The molecule has 1 nitrogen and oxygen atoms in total. The SMILES string of the molecule is C=CC.Cc1c(C)n(C)c2ccccc12. The molecule has 0 aliphatic heterocycles. The van der Waals surface area contributed by atoms with Gasteiger partial charge in [0.1, 0.15) is 0 Å². The minimum atomic E-state index is 1.33. The molecule has 1 aromatic carbocycles. The molecule has 0 amide bonds. The van der Waals surface area contributed by atoms with Crippen molar-refractivity contribution in [1.29, 1.82) is 0 Å². The fraction of sp³-hybridized carbons (Fsp3) is 0.286. The lowest BCUT2D eigenvalue weighted by molar-refractivity contribution is 0.910. The number of aryl methyl sites for hydroxylation is 2. The number of hydrogen-bond donors (Lipinski definition) is 0. The molecular formula is C14H19N. The third-order valence-electron chi connectivity index (χ3n) is 2.72. The van der Waals surface area contributed by atoms with Gasteiger partial charge in [-0.25, -0.2) is 0 Å². The lowest BCUT2D eigenvalue weighted by Gasteiger charge is -1.96. The second-order valence-electron chi connectivity index (χ2n) is 3.69. The van der Waals surface area contributed by atoms with E-state index in [9.17, 15) is 0 Å². The van der Waals surface area contributed by atoms with E-state index in [2.05, 4.69) is 56.3 Å². The lowest BCUT2D eigenvalue weighted by Crippen LogP contribution is -1.89. The molecule has 0 N–H and O–H groups in total. The van der Waals surface area contributed by atoms with Crippen molar-refractivity contribution in [3.05, 3.63) is 48.2 Å². The molecule has 80 valence electrons. The van der Waals surface area contributed by atoms with Crippen molar-refractivity contribution in [2.45, 2.75) is 20.8 Å².